The summed E-state index contributed by atoms with van der Waals surface area (Å²) in [5, 5.41) is 17.7. The molecule has 2 N–H and O–H groups in total. The third-order valence-corrected chi connectivity index (χ3v) is 5.63. The summed E-state index contributed by atoms with van der Waals surface area (Å²) in [5.74, 6) is 1.08. The van der Waals surface area contributed by atoms with Crippen LogP contribution < -0.4 is 4.74 Å². The molecule has 1 fully saturated rings. The fourth-order valence-corrected chi connectivity index (χ4v) is 3.97. The number of aryl methyl sites for hydroxylation is 1. The average molecular weight is 369 g/mol. The number of likely N-dealkylation sites (tertiary alicyclic amines) is 1. The number of hydrogen-bond acceptors (Lipinski definition) is 4. The smallest absolute Gasteiger partial charge is 0.274 e. The first-order valence-electron chi connectivity index (χ1n) is 9.83. The fraction of sp³-hybridized carbons (Fsp3) is 0.524. The number of aromatic nitrogens is 2. The molecule has 1 aromatic heterocycles. The Bertz CT molecular complexity index is 830. The number of nitrogens with one attached hydrogen (secondary N) is 1. The zero-order valence-electron chi connectivity index (χ0n) is 15.9. The van der Waals surface area contributed by atoms with Crippen LogP contribution in [0.3, 0.4) is 0 Å². The molecular weight excluding hydrogens is 342 g/mol. The highest BCUT2D eigenvalue weighted by molar-refractivity contribution is 5.94. The van der Waals surface area contributed by atoms with Gasteiger partial charge in [-0.15, -0.1) is 0 Å². The lowest BCUT2D eigenvalue weighted by atomic mass is 10.0. The minimum atomic E-state index is -0.582. The van der Waals surface area contributed by atoms with Gasteiger partial charge in [-0.25, -0.2) is 0 Å². The van der Waals surface area contributed by atoms with Gasteiger partial charge in [-0.05, 0) is 49.3 Å². The van der Waals surface area contributed by atoms with Gasteiger partial charge >= 0.3 is 0 Å². The summed E-state index contributed by atoms with van der Waals surface area (Å²) in [6, 6.07) is 7.96. The number of aliphatic hydroxyl groups is 1. The Morgan fingerprint density at radius 2 is 2.22 bits per heavy atom. The van der Waals surface area contributed by atoms with Gasteiger partial charge in [0, 0.05) is 17.8 Å². The summed E-state index contributed by atoms with van der Waals surface area (Å²) >= 11 is 0. The van der Waals surface area contributed by atoms with Crippen molar-refractivity contribution in [2.45, 2.75) is 57.7 Å². The molecule has 2 aliphatic rings. The molecule has 6 nitrogen and oxygen atoms in total. The normalized spacial score (nSPS) is 22.1. The zero-order valence-corrected chi connectivity index (χ0v) is 15.9. The van der Waals surface area contributed by atoms with Crippen molar-refractivity contribution in [3.05, 3.63) is 46.8 Å². The number of piperidine rings is 1. The van der Waals surface area contributed by atoms with E-state index in [2.05, 4.69) is 30.1 Å². The predicted molar refractivity (Wildman–Crippen MR) is 102 cm³/mol. The van der Waals surface area contributed by atoms with Gasteiger partial charge in [0.25, 0.3) is 5.91 Å². The first kappa shape index (κ1) is 18.0. The van der Waals surface area contributed by atoms with E-state index in [0.29, 0.717) is 31.1 Å². The molecule has 0 radical (unpaired) electrons. The number of aromatic amines is 1. The highest BCUT2D eigenvalue weighted by Crippen LogP contribution is 2.26. The minimum Gasteiger partial charge on any atom is -0.486 e. The predicted octanol–water partition coefficient (Wildman–Crippen LogP) is 2.68. The quantitative estimate of drug-likeness (QED) is 0.869. The van der Waals surface area contributed by atoms with Gasteiger partial charge < -0.3 is 14.7 Å². The molecule has 0 unspecified atom stereocenters. The number of hydrogen-bond donors (Lipinski definition) is 2. The number of ether oxygens (including phenoxy) is 1. The second-order valence-corrected chi connectivity index (χ2v) is 7.87. The summed E-state index contributed by atoms with van der Waals surface area (Å²) in [6.45, 7) is 5.16. The van der Waals surface area contributed by atoms with E-state index >= 15 is 0 Å². The number of aliphatic hydroxyl groups excluding tert-OH is 1. The third-order valence-electron chi connectivity index (χ3n) is 5.63. The van der Waals surface area contributed by atoms with Crippen LogP contribution in [0.4, 0.5) is 0 Å². The molecule has 144 valence electrons. The monoisotopic (exact) mass is 369 g/mol. The molecular formula is C21H27N3O3. The average Bonchev–Trinajstić information content (AvgIpc) is 3.27. The molecule has 6 heteroatoms. The molecule has 1 aliphatic heterocycles. The number of nitrogens with zero attached hydrogens (tertiary/aromatic N) is 2. The van der Waals surface area contributed by atoms with E-state index < -0.39 is 12.2 Å². The molecule has 0 spiro atoms. The molecule has 1 aliphatic carbocycles. The maximum absolute atomic E-state index is 13.0. The Morgan fingerprint density at radius 1 is 1.37 bits per heavy atom. The van der Waals surface area contributed by atoms with Crippen molar-refractivity contribution in [2.24, 2.45) is 0 Å². The van der Waals surface area contributed by atoms with Crippen LogP contribution in [0.5, 0.6) is 5.75 Å². The SMILES string of the molecule is CC(C)c1cccc(O[C@@H]2CN(C(=O)c3n[nH]c4c3CCC4)CC[C@H]2O)c1. The number of carbonyl (C=O) groups excluding carboxylic acids is 1. The lowest BCUT2D eigenvalue weighted by Crippen LogP contribution is -2.51. The first-order valence-corrected chi connectivity index (χ1v) is 9.83. The van der Waals surface area contributed by atoms with Gasteiger partial charge in [0.05, 0.1) is 12.6 Å². The maximum Gasteiger partial charge on any atom is 0.274 e. The van der Waals surface area contributed by atoms with Gasteiger partial charge in [-0.3, -0.25) is 9.89 Å². The van der Waals surface area contributed by atoms with Crippen LogP contribution >= 0.6 is 0 Å². The van der Waals surface area contributed by atoms with Crippen LogP contribution in [-0.4, -0.2) is 51.4 Å². The van der Waals surface area contributed by atoms with Gasteiger partial charge in [0.15, 0.2) is 5.69 Å². The van der Waals surface area contributed by atoms with Crippen LogP contribution in [0.15, 0.2) is 24.3 Å². The van der Waals surface area contributed by atoms with Crippen molar-refractivity contribution < 1.29 is 14.6 Å². The minimum absolute atomic E-state index is 0.0640. The molecule has 2 aromatic rings. The van der Waals surface area contributed by atoms with Gasteiger partial charge in [-0.1, -0.05) is 26.0 Å². The summed E-state index contributed by atoms with van der Waals surface area (Å²) in [6.07, 6.45) is 2.43. The Labute approximate surface area is 159 Å². The van der Waals surface area contributed by atoms with Crippen LogP contribution in [0.2, 0.25) is 0 Å². The summed E-state index contributed by atoms with van der Waals surface area (Å²) in [5.41, 5.74) is 3.89. The Morgan fingerprint density at radius 3 is 3.04 bits per heavy atom. The maximum atomic E-state index is 13.0. The second-order valence-electron chi connectivity index (χ2n) is 7.87. The van der Waals surface area contributed by atoms with Gasteiger partial charge in [-0.2, -0.15) is 5.10 Å². The molecule has 1 saturated heterocycles. The fourth-order valence-electron chi connectivity index (χ4n) is 3.97. The van der Waals surface area contributed by atoms with Gasteiger partial charge in [0.1, 0.15) is 11.9 Å². The van der Waals surface area contributed by atoms with Crippen molar-refractivity contribution in [1.29, 1.82) is 0 Å². The zero-order chi connectivity index (χ0) is 19.0. The Hall–Kier alpha value is -2.34. The topological polar surface area (TPSA) is 78.5 Å². The summed E-state index contributed by atoms with van der Waals surface area (Å²) < 4.78 is 6.08. The van der Waals surface area contributed by atoms with E-state index in [1.807, 2.05) is 18.2 Å². The van der Waals surface area contributed by atoms with Crippen LogP contribution in [-0.2, 0) is 12.8 Å². The van der Waals surface area contributed by atoms with Crippen molar-refractivity contribution in [3.63, 3.8) is 0 Å². The number of carbonyl (C=O) groups is 1. The van der Waals surface area contributed by atoms with E-state index in [0.717, 1.165) is 36.3 Å². The van der Waals surface area contributed by atoms with Gasteiger partial charge in [0.2, 0.25) is 0 Å². The number of rotatable bonds is 4. The molecule has 27 heavy (non-hydrogen) atoms. The van der Waals surface area contributed by atoms with E-state index in [1.165, 1.54) is 5.56 Å². The molecule has 2 atom stereocenters. The van der Waals surface area contributed by atoms with Crippen molar-refractivity contribution in [2.75, 3.05) is 13.1 Å². The second kappa shape index (κ2) is 7.35. The molecule has 0 bridgehead atoms. The first-order chi connectivity index (χ1) is 13.0. The van der Waals surface area contributed by atoms with Crippen LogP contribution in [0, 0.1) is 0 Å². The Balaban J connectivity index is 1.48. The standard InChI is InChI=1S/C21H27N3O3/c1-13(2)14-5-3-6-15(11-14)27-19-12-24(10-9-18(19)25)21(26)20-16-7-4-8-17(16)22-23-20/h3,5-6,11,13,18-19,25H,4,7-10,12H2,1-2H3,(H,22,23)/t18-,19-/m1/s1. The summed E-state index contributed by atoms with van der Waals surface area (Å²) in [4.78, 5) is 14.7. The highest BCUT2D eigenvalue weighted by atomic mass is 16.5. The molecule has 2 heterocycles. The van der Waals surface area contributed by atoms with Crippen LogP contribution in [0.25, 0.3) is 0 Å². The lowest BCUT2D eigenvalue weighted by Gasteiger charge is -2.36. The molecule has 4 rings (SSSR count). The number of fused-ring (bicyclic) bond motifs is 1. The number of amides is 1. The number of H-pyrrole nitrogens is 1. The molecule has 0 saturated carbocycles. The Kier molecular flexibility index (Phi) is 4.91. The largest absolute Gasteiger partial charge is 0.486 e. The van der Waals surface area contributed by atoms with Crippen molar-refractivity contribution in [1.82, 2.24) is 15.1 Å². The molecule has 1 amide bonds. The van der Waals surface area contributed by atoms with Crippen molar-refractivity contribution >= 4 is 5.91 Å². The number of benzene rings is 1. The lowest BCUT2D eigenvalue weighted by molar-refractivity contribution is -0.0194. The highest BCUT2D eigenvalue weighted by Gasteiger charge is 2.34. The van der Waals surface area contributed by atoms with E-state index in [9.17, 15) is 9.90 Å². The summed E-state index contributed by atoms with van der Waals surface area (Å²) in [7, 11) is 0. The van der Waals surface area contributed by atoms with Crippen molar-refractivity contribution in [3.8, 4) is 5.75 Å². The third kappa shape index (κ3) is 3.58. The van der Waals surface area contributed by atoms with E-state index in [4.69, 9.17) is 4.74 Å². The van der Waals surface area contributed by atoms with E-state index in [1.54, 1.807) is 4.90 Å². The molecule has 1 aromatic carbocycles. The van der Waals surface area contributed by atoms with E-state index in [-0.39, 0.29) is 5.91 Å². The van der Waals surface area contributed by atoms with Crippen LogP contribution in [0.1, 0.15) is 59.9 Å².